The molecule has 3 rings (SSSR count). The van der Waals surface area contributed by atoms with Crippen LogP contribution in [0.15, 0.2) is 59.5 Å². The molecule has 1 fully saturated rings. The lowest BCUT2D eigenvalue weighted by molar-refractivity contribution is -0.138. The number of benzene rings is 2. The van der Waals surface area contributed by atoms with Crippen molar-refractivity contribution in [3.63, 3.8) is 0 Å². The van der Waals surface area contributed by atoms with Gasteiger partial charge in [-0.3, -0.25) is 9.59 Å². The number of carbonyl (C=O) groups is 2. The molecule has 0 saturated carbocycles. The van der Waals surface area contributed by atoms with E-state index in [1.807, 2.05) is 30.3 Å². The zero-order valence-corrected chi connectivity index (χ0v) is 15.1. The SMILES string of the molecule is O=C(O)CC1(NC(=O)c2ccc(CSc3ccccc3)cc2)CCOC1. The van der Waals surface area contributed by atoms with Crippen LogP contribution in [0.25, 0.3) is 0 Å². The lowest BCUT2D eigenvalue weighted by Gasteiger charge is -2.27. The van der Waals surface area contributed by atoms with Gasteiger partial charge in [0, 0.05) is 22.8 Å². The Morgan fingerprint density at radius 3 is 2.46 bits per heavy atom. The van der Waals surface area contributed by atoms with Crippen LogP contribution in [0, 0.1) is 0 Å². The van der Waals surface area contributed by atoms with E-state index >= 15 is 0 Å². The molecule has 6 heteroatoms. The minimum atomic E-state index is -0.941. The minimum absolute atomic E-state index is 0.134. The zero-order valence-electron chi connectivity index (χ0n) is 14.3. The number of ether oxygens (including phenoxy) is 1. The average molecular weight is 371 g/mol. The molecule has 0 aromatic heterocycles. The molecular weight excluding hydrogens is 350 g/mol. The van der Waals surface area contributed by atoms with E-state index in [1.165, 1.54) is 4.90 Å². The van der Waals surface area contributed by atoms with E-state index in [4.69, 9.17) is 9.84 Å². The summed E-state index contributed by atoms with van der Waals surface area (Å²) in [5, 5.41) is 12.0. The van der Waals surface area contributed by atoms with Crippen LogP contribution in [-0.2, 0) is 15.3 Å². The van der Waals surface area contributed by atoms with Crippen molar-refractivity contribution in [3.05, 3.63) is 65.7 Å². The average Bonchev–Trinajstić information content (AvgIpc) is 3.08. The Hall–Kier alpha value is -2.31. The third kappa shape index (κ3) is 4.86. The second-order valence-corrected chi connectivity index (χ2v) is 7.45. The molecule has 1 atom stereocenters. The maximum atomic E-state index is 12.5. The molecular formula is C20H21NO4S. The highest BCUT2D eigenvalue weighted by atomic mass is 32.2. The standard InChI is InChI=1S/C20H21NO4S/c22-18(23)12-20(10-11-25-14-20)21-19(24)16-8-6-15(7-9-16)13-26-17-4-2-1-3-5-17/h1-9H,10-14H2,(H,21,24)(H,22,23). The highest BCUT2D eigenvalue weighted by Crippen LogP contribution is 2.24. The van der Waals surface area contributed by atoms with E-state index in [9.17, 15) is 9.59 Å². The van der Waals surface area contributed by atoms with E-state index in [2.05, 4.69) is 17.4 Å². The first-order valence-corrected chi connectivity index (χ1v) is 9.44. The first-order chi connectivity index (χ1) is 12.6. The molecule has 2 aromatic rings. The van der Waals surface area contributed by atoms with Gasteiger partial charge in [0.2, 0.25) is 0 Å². The molecule has 1 unspecified atom stereocenters. The van der Waals surface area contributed by atoms with E-state index in [0.717, 1.165) is 11.3 Å². The number of thioether (sulfide) groups is 1. The predicted octanol–water partition coefficient (Wildman–Crippen LogP) is 3.34. The number of carboxylic acids is 1. The lowest BCUT2D eigenvalue weighted by atomic mass is 9.93. The van der Waals surface area contributed by atoms with Gasteiger partial charge < -0.3 is 15.2 Å². The summed E-state index contributed by atoms with van der Waals surface area (Å²) in [6.45, 7) is 0.694. The van der Waals surface area contributed by atoms with Gasteiger partial charge in [-0.2, -0.15) is 0 Å². The van der Waals surface area contributed by atoms with Gasteiger partial charge in [0.1, 0.15) is 0 Å². The van der Waals surface area contributed by atoms with Gasteiger partial charge in [0.05, 0.1) is 18.6 Å². The first kappa shape index (κ1) is 18.5. The number of carbonyl (C=O) groups excluding carboxylic acids is 1. The molecule has 1 aliphatic heterocycles. The van der Waals surface area contributed by atoms with Gasteiger partial charge in [0.15, 0.2) is 0 Å². The van der Waals surface area contributed by atoms with Gasteiger partial charge >= 0.3 is 5.97 Å². The summed E-state index contributed by atoms with van der Waals surface area (Å²) in [6.07, 6.45) is 0.376. The van der Waals surface area contributed by atoms with Crippen molar-refractivity contribution in [2.75, 3.05) is 13.2 Å². The Balaban J connectivity index is 1.60. The van der Waals surface area contributed by atoms with Crippen LogP contribution in [-0.4, -0.2) is 35.7 Å². The molecule has 1 amide bonds. The van der Waals surface area contributed by atoms with Crippen molar-refractivity contribution in [2.24, 2.45) is 0 Å². The van der Waals surface area contributed by atoms with Crippen LogP contribution in [0.4, 0.5) is 0 Å². The highest BCUT2D eigenvalue weighted by molar-refractivity contribution is 7.98. The number of rotatable bonds is 7. The van der Waals surface area contributed by atoms with Crippen LogP contribution in [0.3, 0.4) is 0 Å². The second-order valence-electron chi connectivity index (χ2n) is 6.41. The maximum Gasteiger partial charge on any atom is 0.305 e. The molecule has 26 heavy (non-hydrogen) atoms. The molecule has 1 heterocycles. The maximum absolute atomic E-state index is 12.5. The molecule has 0 radical (unpaired) electrons. The van der Waals surface area contributed by atoms with Gasteiger partial charge in [-0.05, 0) is 36.2 Å². The topological polar surface area (TPSA) is 75.6 Å². The largest absolute Gasteiger partial charge is 0.481 e. The van der Waals surface area contributed by atoms with Crippen LogP contribution < -0.4 is 5.32 Å². The molecule has 5 nitrogen and oxygen atoms in total. The van der Waals surface area contributed by atoms with Crippen molar-refractivity contribution >= 4 is 23.6 Å². The Bertz CT molecular complexity index is 755. The third-order valence-corrected chi connectivity index (χ3v) is 5.42. The van der Waals surface area contributed by atoms with Crippen molar-refractivity contribution in [1.29, 1.82) is 0 Å². The molecule has 1 saturated heterocycles. The van der Waals surface area contributed by atoms with Crippen molar-refractivity contribution in [1.82, 2.24) is 5.32 Å². The Kier molecular flexibility index (Phi) is 5.96. The molecule has 0 aliphatic carbocycles. The number of aliphatic carboxylic acids is 1. The second kappa shape index (κ2) is 8.38. The Labute approximate surface area is 156 Å². The molecule has 1 aliphatic rings. The third-order valence-electron chi connectivity index (χ3n) is 4.34. The summed E-state index contributed by atoms with van der Waals surface area (Å²) >= 11 is 1.74. The lowest BCUT2D eigenvalue weighted by Crippen LogP contribution is -2.50. The fourth-order valence-corrected chi connectivity index (χ4v) is 3.80. The fraction of sp³-hybridized carbons (Fsp3) is 0.300. The van der Waals surface area contributed by atoms with Crippen LogP contribution in [0.2, 0.25) is 0 Å². The summed E-state index contributed by atoms with van der Waals surface area (Å²) in [6, 6.07) is 17.6. The summed E-state index contributed by atoms with van der Waals surface area (Å²) in [5.74, 6) is -0.383. The van der Waals surface area contributed by atoms with Gasteiger partial charge in [-0.1, -0.05) is 30.3 Å². The number of nitrogens with one attached hydrogen (secondary N) is 1. The minimum Gasteiger partial charge on any atom is -0.481 e. The monoisotopic (exact) mass is 371 g/mol. The van der Waals surface area contributed by atoms with Gasteiger partial charge in [-0.15, -0.1) is 11.8 Å². The fourth-order valence-electron chi connectivity index (χ4n) is 2.93. The zero-order chi connectivity index (χ0) is 18.4. The molecule has 0 spiro atoms. The smallest absolute Gasteiger partial charge is 0.305 e. The number of hydrogen-bond donors (Lipinski definition) is 2. The van der Waals surface area contributed by atoms with Crippen molar-refractivity contribution < 1.29 is 19.4 Å². The highest BCUT2D eigenvalue weighted by Gasteiger charge is 2.38. The van der Waals surface area contributed by atoms with Crippen molar-refractivity contribution in [2.45, 2.75) is 29.0 Å². The summed E-state index contributed by atoms with van der Waals surface area (Å²) < 4.78 is 5.31. The normalized spacial score (nSPS) is 19.2. The van der Waals surface area contributed by atoms with Crippen molar-refractivity contribution in [3.8, 4) is 0 Å². The van der Waals surface area contributed by atoms with E-state index in [1.54, 1.807) is 23.9 Å². The van der Waals surface area contributed by atoms with Crippen LogP contribution in [0.5, 0.6) is 0 Å². The quantitative estimate of drug-likeness (QED) is 0.730. The number of carboxylic acid groups (broad SMARTS) is 1. The molecule has 0 bridgehead atoms. The molecule has 136 valence electrons. The Morgan fingerprint density at radius 2 is 1.85 bits per heavy atom. The van der Waals surface area contributed by atoms with E-state index < -0.39 is 11.5 Å². The van der Waals surface area contributed by atoms with Gasteiger partial charge in [-0.25, -0.2) is 0 Å². The molecule has 2 aromatic carbocycles. The van der Waals surface area contributed by atoms with E-state index in [-0.39, 0.29) is 18.9 Å². The first-order valence-electron chi connectivity index (χ1n) is 8.45. The van der Waals surface area contributed by atoms with Gasteiger partial charge in [0.25, 0.3) is 5.91 Å². The molecule has 2 N–H and O–H groups in total. The number of hydrogen-bond acceptors (Lipinski definition) is 4. The summed E-state index contributed by atoms with van der Waals surface area (Å²) in [5.41, 5.74) is 0.833. The van der Waals surface area contributed by atoms with Crippen LogP contribution in [0.1, 0.15) is 28.8 Å². The Morgan fingerprint density at radius 1 is 1.12 bits per heavy atom. The van der Waals surface area contributed by atoms with Crippen LogP contribution >= 0.6 is 11.8 Å². The summed E-state index contributed by atoms with van der Waals surface area (Å²) in [4.78, 5) is 24.8. The van der Waals surface area contributed by atoms with E-state index in [0.29, 0.717) is 18.6 Å². The summed E-state index contributed by atoms with van der Waals surface area (Å²) in [7, 11) is 0. The number of amides is 1. The predicted molar refractivity (Wildman–Crippen MR) is 100 cm³/mol.